The van der Waals surface area contributed by atoms with Gasteiger partial charge in [-0.2, -0.15) is 0 Å². The SMILES string of the molecule is CCOc1ccc(C(=O)Nc2ccc(C)cc2C)nn1. The standard InChI is InChI=1S/C15H17N3O2/c1-4-20-14-8-7-13(17-18-14)15(19)16-12-6-5-10(2)9-11(12)3/h5-9H,4H2,1-3H3,(H,16,19). The molecule has 104 valence electrons. The van der Waals surface area contributed by atoms with Crippen LogP contribution in [-0.4, -0.2) is 22.7 Å². The van der Waals surface area contributed by atoms with Crippen molar-refractivity contribution >= 4 is 11.6 Å². The highest BCUT2D eigenvalue weighted by molar-refractivity contribution is 6.03. The second-order valence-corrected chi connectivity index (χ2v) is 4.46. The molecule has 1 N–H and O–H groups in total. The zero-order valence-electron chi connectivity index (χ0n) is 11.8. The number of nitrogens with one attached hydrogen (secondary N) is 1. The van der Waals surface area contributed by atoms with Gasteiger partial charge in [-0.3, -0.25) is 4.79 Å². The summed E-state index contributed by atoms with van der Waals surface area (Å²) in [6.45, 7) is 6.34. The number of carbonyl (C=O) groups is 1. The Bertz CT molecular complexity index is 609. The lowest BCUT2D eigenvalue weighted by Crippen LogP contribution is -2.15. The maximum absolute atomic E-state index is 12.1. The summed E-state index contributed by atoms with van der Waals surface area (Å²) in [4.78, 5) is 12.1. The minimum Gasteiger partial charge on any atom is -0.477 e. The summed E-state index contributed by atoms with van der Waals surface area (Å²) in [5.74, 6) is 0.128. The smallest absolute Gasteiger partial charge is 0.276 e. The number of amides is 1. The van der Waals surface area contributed by atoms with E-state index < -0.39 is 0 Å². The second-order valence-electron chi connectivity index (χ2n) is 4.46. The van der Waals surface area contributed by atoms with Crippen LogP contribution < -0.4 is 10.1 Å². The van der Waals surface area contributed by atoms with Gasteiger partial charge in [-0.05, 0) is 38.5 Å². The van der Waals surface area contributed by atoms with E-state index in [1.165, 1.54) is 0 Å². The van der Waals surface area contributed by atoms with Crippen molar-refractivity contribution < 1.29 is 9.53 Å². The first-order valence-electron chi connectivity index (χ1n) is 6.45. The van der Waals surface area contributed by atoms with Crippen molar-refractivity contribution in [2.45, 2.75) is 20.8 Å². The molecule has 0 radical (unpaired) electrons. The summed E-state index contributed by atoms with van der Waals surface area (Å²) in [5.41, 5.74) is 3.20. The molecule has 0 unspecified atom stereocenters. The number of nitrogens with zero attached hydrogens (tertiary/aromatic N) is 2. The summed E-state index contributed by atoms with van der Waals surface area (Å²) < 4.78 is 5.19. The highest BCUT2D eigenvalue weighted by Crippen LogP contribution is 2.17. The number of aryl methyl sites for hydroxylation is 2. The van der Waals surface area contributed by atoms with Crippen LogP contribution in [-0.2, 0) is 0 Å². The van der Waals surface area contributed by atoms with Gasteiger partial charge in [0.15, 0.2) is 5.69 Å². The molecule has 0 aliphatic rings. The van der Waals surface area contributed by atoms with E-state index in [1.807, 2.05) is 39.0 Å². The fourth-order valence-electron chi connectivity index (χ4n) is 1.81. The highest BCUT2D eigenvalue weighted by atomic mass is 16.5. The largest absolute Gasteiger partial charge is 0.477 e. The molecule has 1 aromatic carbocycles. The van der Waals surface area contributed by atoms with Gasteiger partial charge in [0.05, 0.1) is 6.61 Å². The van der Waals surface area contributed by atoms with Crippen LogP contribution in [0.1, 0.15) is 28.5 Å². The molecule has 2 rings (SSSR count). The van der Waals surface area contributed by atoms with E-state index in [0.717, 1.165) is 16.8 Å². The molecule has 0 saturated heterocycles. The lowest BCUT2D eigenvalue weighted by Gasteiger charge is -2.08. The molecule has 0 fully saturated rings. The Balaban J connectivity index is 2.11. The summed E-state index contributed by atoms with van der Waals surface area (Å²) in [7, 11) is 0. The Morgan fingerprint density at radius 1 is 1.20 bits per heavy atom. The van der Waals surface area contributed by atoms with Crippen molar-refractivity contribution in [3.05, 3.63) is 47.2 Å². The summed E-state index contributed by atoms with van der Waals surface area (Å²) in [6.07, 6.45) is 0. The van der Waals surface area contributed by atoms with Crippen LogP contribution in [0, 0.1) is 13.8 Å². The van der Waals surface area contributed by atoms with Gasteiger partial charge >= 0.3 is 0 Å². The maximum Gasteiger partial charge on any atom is 0.276 e. The zero-order chi connectivity index (χ0) is 14.5. The van der Waals surface area contributed by atoms with Crippen LogP contribution in [0.3, 0.4) is 0 Å². The van der Waals surface area contributed by atoms with Gasteiger partial charge in [-0.25, -0.2) is 0 Å². The number of aromatic nitrogens is 2. The van der Waals surface area contributed by atoms with Gasteiger partial charge in [0.2, 0.25) is 5.88 Å². The first kappa shape index (κ1) is 14.0. The second kappa shape index (κ2) is 6.14. The van der Waals surface area contributed by atoms with E-state index in [4.69, 9.17) is 4.74 Å². The highest BCUT2D eigenvalue weighted by Gasteiger charge is 2.10. The lowest BCUT2D eigenvalue weighted by molar-refractivity contribution is 0.102. The fourth-order valence-corrected chi connectivity index (χ4v) is 1.81. The van der Waals surface area contributed by atoms with Crippen molar-refractivity contribution in [3.63, 3.8) is 0 Å². The topological polar surface area (TPSA) is 64.1 Å². The van der Waals surface area contributed by atoms with Crippen molar-refractivity contribution in [2.24, 2.45) is 0 Å². The molecule has 2 aromatic rings. The van der Waals surface area contributed by atoms with Crippen molar-refractivity contribution in [1.29, 1.82) is 0 Å². The van der Waals surface area contributed by atoms with Crippen molar-refractivity contribution in [3.8, 4) is 5.88 Å². The quantitative estimate of drug-likeness (QED) is 0.928. The lowest BCUT2D eigenvalue weighted by atomic mass is 10.1. The molecule has 1 heterocycles. The van der Waals surface area contributed by atoms with E-state index >= 15 is 0 Å². The Morgan fingerprint density at radius 2 is 2.00 bits per heavy atom. The van der Waals surface area contributed by atoms with Gasteiger partial charge in [0.25, 0.3) is 5.91 Å². The van der Waals surface area contributed by atoms with E-state index in [9.17, 15) is 4.79 Å². The molecule has 0 aliphatic heterocycles. The van der Waals surface area contributed by atoms with Gasteiger partial charge in [-0.15, -0.1) is 10.2 Å². The zero-order valence-corrected chi connectivity index (χ0v) is 11.8. The summed E-state index contributed by atoms with van der Waals surface area (Å²) in [5, 5.41) is 10.5. The van der Waals surface area contributed by atoms with E-state index in [0.29, 0.717) is 12.5 Å². The van der Waals surface area contributed by atoms with Crippen molar-refractivity contribution in [2.75, 3.05) is 11.9 Å². The Kier molecular flexibility index (Phi) is 4.30. The molecular formula is C15H17N3O2. The third-order valence-corrected chi connectivity index (χ3v) is 2.80. The third-order valence-electron chi connectivity index (χ3n) is 2.80. The first-order chi connectivity index (χ1) is 9.60. The van der Waals surface area contributed by atoms with E-state index in [-0.39, 0.29) is 11.6 Å². The predicted molar refractivity (Wildman–Crippen MR) is 77.1 cm³/mol. The number of benzene rings is 1. The number of anilines is 1. The van der Waals surface area contributed by atoms with Gasteiger partial charge < -0.3 is 10.1 Å². The molecular weight excluding hydrogens is 254 g/mol. The van der Waals surface area contributed by atoms with Crippen LogP contribution in [0.25, 0.3) is 0 Å². The molecule has 0 saturated carbocycles. The van der Waals surface area contributed by atoms with Crippen molar-refractivity contribution in [1.82, 2.24) is 10.2 Å². The molecule has 0 atom stereocenters. The molecule has 20 heavy (non-hydrogen) atoms. The van der Waals surface area contributed by atoms with Crippen LogP contribution in [0.2, 0.25) is 0 Å². The number of carbonyl (C=O) groups excluding carboxylic acids is 1. The van der Waals surface area contributed by atoms with Gasteiger partial charge in [0.1, 0.15) is 0 Å². The minimum atomic E-state index is -0.285. The predicted octanol–water partition coefficient (Wildman–Crippen LogP) is 2.74. The van der Waals surface area contributed by atoms with E-state index in [1.54, 1.807) is 12.1 Å². The molecule has 0 aliphatic carbocycles. The van der Waals surface area contributed by atoms with Gasteiger partial charge in [0, 0.05) is 11.8 Å². The molecule has 5 nitrogen and oxygen atoms in total. The average Bonchev–Trinajstić information content (AvgIpc) is 2.43. The molecule has 1 amide bonds. The number of ether oxygens (including phenoxy) is 1. The summed E-state index contributed by atoms with van der Waals surface area (Å²) in [6, 6.07) is 9.07. The average molecular weight is 271 g/mol. The molecule has 1 aromatic heterocycles. The van der Waals surface area contributed by atoms with Crippen LogP contribution in [0.5, 0.6) is 5.88 Å². The summed E-state index contributed by atoms with van der Waals surface area (Å²) >= 11 is 0. The Hall–Kier alpha value is -2.43. The number of hydrogen-bond donors (Lipinski definition) is 1. The minimum absolute atomic E-state index is 0.258. The molecule has 0 spiro atoms. The van der Waals surface area contributed by atoms with Crippen LogP contribution >= 0.6 is 0 Å². The first-order valence-corrected chi connectivity index (χ1v) is 6.45. The van der Waals surface area contributed by atoms with E-state index in [2.05, 4.69) is 15.5 Å². The number of rotatable bonds is 4. The van der Waals surface area contributed by atoms with Gasteiger partial charge in [-0.1, -0.05) is 17.7 Å². The molecule has 0 bridgehead atoms. The van der Waals surface area contributed by atoms with Crippen LogP contribution in [0.4, 0.5) is 5.69 Å². The number of hydrogen-bond acceptors (Lipinski definition) is 4. The van der Waals surface area contributed by atoms with Crippen LogP contribution in [0.15, 0.2) is 30.3 Å². The Labute approximate surface area is 118 Å². The molecule has 5 heteroatoms. The fraction of sp³-hybridized carbons (Fsp3) is 0.267. The monoisotopic (exact) mass is 271 g/mol. The maximum atomic E-state index is 12.1. The normalized spacial score (nSPS) is 10.2. The Morgan fingerprint density at radius 3 is 2.60 bits per heavy atom. The third kappa shape index (κ3) is 3.32.